The van der Waals surface area contributed by atoms with Gasteiger partial charge in [-0.25, -0.2) is 8.78 Å². The fraction of sp³-hybridized carbons (Fsp3) is 0.421. The third kappa shape index (κ3) is 3.90. The predicted molar refractivity (Wildman–Crippen MR) is 98.8 cm³/mol. The van der Waals surface area contributed by atoms with Gasteiger partial charge in [0.15, 0.2) is 5.65 Å². The Morgan fingerprint density at radius 1 is 1.22 bits per heavy atom. The van der Waals surface area contributed by atoms with Crippen molar-refractivity contribution in [1.29, 1.82) is 0 Å². The molecule has 1 fully saturated rings. The number of aryl methyl sites for hydroxylation is 1. The van der Waals surface area contributed by atoms with Crippen LogP contribution >= 0.6 is 0 Å². The Balaban J connectivity index is 1.37. The van der Waals surface area contributed by atoms with Gasteiger partial charge in [0.05, 0.1) is 18.9 Å². The van der Waals surface area contributed by atoms with E-state index < -0.39 is 11.8 Å². The molecule has 0 aliphatic carbocycles. The first-order valence-corrected chi connectivity index (χ1v) is 9.04. The molecule has 0 unspecified atom stereocenters. The number of rotatable bonds is 5. The monoisotopic (exact) mass is 372 g/mol. The second-order valence-corrected chi connectivity index (χ2v) is 7.18. The highest BCUT2D eigenvalue weighted by Crippen LogP contribution is 2.33. The average molecular weight is 372 g/mol. The molecule has 8 heteroatoms. The molecule has 3 aromatic rings. The average Bonchev–Trinajstić information content (AvgIpc) is 3.12. The maximum Gasteiger partial charge on any atom is 0.265 e. The van der Waals surface area contributed by atoms with E-state index >= 15 is 0 Å². The first-order valence-electron chi connectivity index (χ1n) is 9.04. The summed E-state index contributed by atoms with van der Waals surface area (Å²) in [5, 5.41) is 10.8. The number of halogens is 2. The summed E-state index contributed by atoms with van der Waals surface area (Å²) in [4.78, 5) is 5.91. The summed E-state index contributed by atoms with van der Waals surface area (Å²) in [5.74, 6) is -2.85. The molecule has 1 N–H and O–H groups in total. The lowest BCUT2D eigenvalue weighted by molar-refractivity contribution is -0.108. The summed E-state index contributed by atoms with van der Waals surface area (Å²) in [6.45, 7) is 3.20. The number of alkyl halides is 2. The standard InChI is InChI=1S/C19H22F2N6/c1-14-2-4-15(5-3-14)11-26-7-6-16(19(20,21)12-26)8-23-17-9-22-10-18-25-24-13-27(17)18/h2-5,9-10,13,16,23H,6-8,11-12H2,1H3/t16-/m1/s1. The molecule has 0 amide bonds. The molecule has 6 nitrogen and oxygen atoms in total. The van der Waals surface area contributed by atoms with Gasteiger partial charge in [0.25, 0.3) is 5.92 Å². The molecule has 1 atom stereocenters. The second-order valence-electron chi connectivity index (χ2n) is 7.18. The van der Waals surface area contributed by atoms with Crippen molar-refractivity contribution in [2.75, 3.05) is 25.0 Å². The van der Waals surface area contributed by atoms with E-state index in [9.17, 15) is 8.78 Å². The van der Waals surface area contributed by atoms with Gasteiger partial charge in [0, 0.05) is 19.0 Å². The number of fused-ring (bicyclic) bond motifs is 1. The summed E-state index contributed by atoms with van der Waals surface area (Å²) in [6.07, 6.45) is 5.16. The third-order valence-corrected chi connectivity index (χ3v) is 5.10. The lowest BCUT2D eigenvalue weighted by Gasteiger charge is -2.38. The minimum Gasteiger partial charge on any atom is -0.369 e. The molecular weight excluding hydrogens is 350 g/mol. The van der Waals surface area contributed by atoms with E-state index in [1.807, 2.05) is 36.1 Å². The summed E-state index contributed by atoms with van der Waals surface area (Å²) >= 11 is 0. The van der Waals surface area contributed by atoms with Crippen LogP contribution in [0.1, 0.15) is 17.5 Å². The fourth-order valence-electron chi connectivity index (χ4n) is 3.51. The fourth-order valence-corrected chi connectivity index (χ4v) is 3.51. The van der Waals surface area contributed by atoms with Gasteiger partial charge in [-0.3, -0.25) is 14.3 Å². The number of anilines is 1. The van der Waals surface area contributed by atoms with Gasteiger partial charge in [-0.15, -0.1) is 10.2 Å². The number of benzene rings is 1. The van der Waals surface area contributed by atoms with Crippen molar-refractivity contribution in [2.24, 2.45) is 5.92 Å². The van der Waals surface area contributed by atoms with E-state index in [-0.39, 0.29) is 13.1 Å². The first-order chi connectivity index (χ1) is 13.0. The van der Waals surface area contributed by atoms with Crippen LogP contribution in [0.25, 0.3) is 5.65 Å². The lowest BCUT2D eigenvalue weighted by atomic mass is 9.92. The van der Waals surface area contributed by atoms with Crippen LogP contribution in [0.3, 0.4) is 0 Å². The maximum absolute atomic E-state index is 14.7. The second kappa shape index (κ2) is 7.19. The third-order valence-electron chi connectivity index (χ3n) is 5.10. The molecule has 0 spiro atoms. The van der Waals surface area contributed by atoms with Crippen LogP contribution < -0.4 is 5.32 Å². The zero-order chi connectivity index (χ0) is 18.9. The van der Waals surface area contributed by atoms with Gasteiger partial charge in [-0.2, -0.15) is 0 Å². The number of aromatic nitrogens is 4. The molecule has 2 aromatic heterocycles. The van der Waals surface area contributed by atoms with E-state index in [0.717, 1.165) is 5.56 Å². The molecule has 1 aromatic carbocycles. The molecule has 3 heterocycles. The van der Waals surface area contributed by atoms with Gasteiger partial charge < -0.3 is 5.32 Å². The molecule has 1 aliphatic rings. The van der Waals surface area contributed by atoms with Gasteiger partial charge in [-0.1, -0.05) is 29.8 Å². The molecule has 1 aliphatic heterocycles. The molecule has 0 bridgehead atoms. The van der Waals surface area contributed by atoms with Gasteiger partial charge in [-0.05, 0) is 25.5 Å². The number of piperidine rings is 1. The quantitative estimate of drug-likeness (QED) is 0.746. The summed E-state index contributed by atoms with van der Waals surface area (Å²) < 4.78 is 31.1. The van der Waals surface area contributed by atoms with Gasteiger partial charge >= 0.3 is 0 Å². The topological polar surface area (TPSA) is 58.3 Å². The van der Waals surface area contributed by atoms with Crippen molar-refractivity contribution in [3.63, 3.8) is 0 Å². The van der Waals surface area contributed by atoms with Crippen LogP contribution in [-0.4, -0.2) is 50.0 Å². The Kier molecular flexibility index (Phi) is 4.73. The van der Waals surface area contributed by atoms with Crippen molar-refractivity contribution in [3.8, 4) is 0 Å². The van der Waals surface area contributed by atoms with Crippen LogP contribution in [-0.2, 0) is 6.54 Å². The Bertz CT molecular complexity index is 908. The van der Waals surface area contributed by atoms with E-state index in [4.69, 9.17) is 0 Å². The van der Waals surface area contributed by atoms with Crippen LogP contribution in [0.5, 0.6) is 0 Å². The van der Waals surface area contributed by atoms with E-state index in [1.54, 1.807) is 23.1 Å². The molecule has 142 valence electrons. The predicted octanol–water partition coefficient (Wildman–Crippen LogP) is 3.00. The molecule has 4 rings (SSSR count). The molecule has 27 heavy (non-hydrogen) atoms. The summed E-state index contributed by atoms with van der Waals surface area (Å²) in [5.41, 5.74) is 2.82. The SMILES string of the molecule is Cc1ccc(CN2CC[C@H](CNc3cncc4nncn34)C(F)(F)C2)cc1. The van der Waals surface area contributed by atoms with Crippen LogP contribution in [0.2, 0.25) is 0 Å². The zero-order valence-corrected chi connectivity index (χ0v) is 15.1. The van der Waals surface area contributed by atoms with E-state index in [0.29, 0.717) is 31.0 Å². The Morgan fingerprint density at radius 3 is 2.81 bits per heavy atom. The first kappa shape index (κ1) is 17.8. The van der Waals surface area contributed by atoms with Crippen LogP contribution in [0.4, 0.5) is 14.6 Å². The largest absolute Gasteiger partial charge is 0.369 e. The minimum absolute atomic E-state index is 0.185. The van der Waals surface area contributed by atoms with Crippen LogP contribution in [0, 0.1) is 12.8 Å². The Labute approximate surface area is 156 Å². The van der Waals surface area contributed by atoms with Crippen molar-refractivity contribution in [2.45, 2.75) is 25.8 Å². The minimum atomic E-state index is -2.75. The van der Waals surface area contributed by atoms with Crippen LogP contribution in [0.15, 0.2) is 43.0 Å². The smallest absolute Gasteiger partial charge is 0.265 e. The number of hydrogen-bond donors (Lipinski definition) is 1. The molecule has 0 saturated carbocycles. The Hall–Kier alpha value is -2.61. The normalized spacial score (nSPS) is 20.0. The number of hydrogen-bond acceptors (Lipinski definition) is 5. The van der Waals surface area contributed by atoms with Gasteiger partial charge in [0.2, 0.25) is 0 Å². The van der Waals surface area contributed by atoms with Crippen molar-refractivity contribution in [3.05, 3.63) is 54.1 Å². The summed E-state index contributed by atoms with van der Waals surface area (Å²) in [7, 11) is 0. The van der Waals surface area contributed by atoms with E-state index in [1.165, 1.54) is 5.56 Å². The van der Waals surface area contributed by atoms with Crippen molar-refractivity contribution in [1.82, 2.24) is 24.5 Å². The van der Waals surface area contributed by atoms with Crippen molar-refractivity contribution < 1.29 is 8.78 Å². The number of likely N-dealkylation sites (tertiary alicyclic amines) is 1. The van der Waals surface area contributed by atoms with Gasteiger partial charge in [0.1, 0.15) is 12.1 Å². The van der Waals surface area contributed by atoms with E-state index in [2.05, 4.69) is 20.5 Å². The highest BCUT2D eigenvalue weighted by molar-refractivity contribution is 5.45. The van der Waals surface area contributed by atoms with Crippen molar-refractivity contribution >= 4 is 11.5 Å². The maximum atomic E-state index is 14.7. The molecule has 0 radical (unpaired) electrons. The molecule has 1 saturated heterocycles. The highest BCUT2D eigenvalue weighted by Gasteiger charge is 2.44. The zero-order valence-electron chi connectivity index (χ0n) is 15.1. The highest BCUT2D eigenvalue weighted by atomic mass is 19.3. The molecular formula is C19H22F2N6. The Morgan fingerprint density at radius 2 is 2.04 bits per heavy atom. The number of nitrogens with zero attached hydrogens (tertiary/aromatic N) is 5. The lowest BCUT2D eigenvalue weighted by Crippen LogP contribution is -2.50. The summed E-state index contributed by atoms with van der Waals surface area (Å²) in [6, 6.07) is 8.05. The number of nitrogens with one attached hydrogen (secondary N) is 1.